The highest BCUT2D eigenvalue weighted by molar-refractivity contribution is 5.01. The molecule has 3 rings (SSSR count). The molecular weight excluding hydrogens is 492 g/mol. The van der Waals surface area contributed by atoms with Gasteiger partial charge >= 0.3 is 0 Å². The molecule has 2 aliphatic heterocycles. The Labute approximate surface area is 216 Å². The first kappa shape index (κ1) is 30.9. The third-order valence-corrected chi connectivity index (χ3v) is 7.66. The van der Waals surface area contributed by atoms with E-state index in [-0.39, 0.29) is 19.4 Å². The lowest BCUT2D eigenvalue weighted by atomic mass is 9.84. The maximum absolute atomic E-state index is 11.2. The molecule has 37 heavy (non-hydrogen) atoms. The monoisotopic (exact) mass is 538 g/mol. The van der Waals surface area contributed by atoms with Crippen molar-refractivity contribution in [2.24, 2.45) is 28.7 Å². The summed E-state index contributed by atoms with van der Waals surface area (Å²) >= 11 is 0. The minimum absolute atomic E-state index is 0.0950. The highest BCUT2D eigenvalue weighted by Gasteiger charge is 2.51. The molecule has 15 heteroatoms. The molecule has 15 nitrogen and oxygen atoms in total. The Hall–Kier alpha value is -0.600. The van der Waals surface area contributed by atoms with Crippen molar-refractivity contribution in [2.45, 2.75) is 112 Å². The molecule has 0 aromatic heterocycles. The van der Waals surface area contributed by atoms with Crippen LogP contribution >= 0.6 is 0 Å². The van der Waals surface area contributed by atoms with Crippen LogP contribution in [0.5, 0.6) is 0 Å². The van der Waals surface area contributed by atoms with Crippen molar-refractivity contribution in [3.63, 3.8) is 0 Å². The van der Waals surface area contributed by atoms with Crippen LogP contribution in [0.3, 0.4) is 0 Å². The fourth-order valence-corrected chi connectivity index (χ4v) is 5.23. The van der Waals surface area contributed by atoms with Gasteiger partial charge in [0.1, 0.15) is 54.6 Å². The van der Waals surface area contributed by atoms with Crippen LogP contribution in [-0.4, -0.2) is 142 Å². The summed E-state index contributed by atoms with van der Waals surface area (Å²) in [4.78, 5) is 2.00. The number of likely N-dealkylation sites (N-methyl/N-ethyl adjacent to an activating group) is 1. The van der Waals surface area contributed by atoms with Crippen LogP contribution in [0.4, 0.5) is 0 Å². The van der Waals surface area contributed by atoms with Crippen LogP contribution in [0.15, 0.2) is 0 Å². The van der Waals surface area contributed by atoms with E-state index < -0.39 is 85.3 Å². The summed E-state index contributed by atoms with van der Waals surface area (Å²) < 4.78 is 23.5. The molecule has 218 valence electrons. The molecule has 3 aliphatic rings. The summed E-state index contributed by atoms with van der Waals surface area (Å²) in [6.07, 6.45) is -11.7. The highest BCUT2D eigenvalue weighted by atomic mass is 16.7. The zero-order valence-electron chi connectivity index (χ0n) is 21.5. The fourth-order valence-electron chi connectivity index (χ4n) is 5.23. The SMILES string of the molecule is CCN(CC)C[C@H]1O[C@H](O[C@@H]2[C@@H](O)[C@H](O[C@H]3O[C@H](CN)[C@@H](O)[C@H](O)[C@H]3N)[C@@H](N)C[C@H]2N)C[C@@](N)(O)[C@@H]1O. The van der Waals surface area contributed by atoms with E-state index in [0.29, 0.717) is 19.6 Å². The molecule has 1 saturated carbocycles. The standard InChI is InChI=1S/C22H46N6O9/c1-3-28(4-2)8-12-20(32)22(27,33)6-13(34-12)36-18-9(24)5-10(25)19(17(18)31)37-21-14(26)16(30)15(29)11(7-23)35-21/h9-21,29-33H,3-8,23-27H2,1-2H3/t9-,10+,11-,12-,13-,14-,15-,16-,17-,18+,19-,20-,21-,22-/m1/s1. The quantitative estimate of drug-likeness (QED) is 0.123. The Kier molecular flexibility index (Phi) is 10.6. The van der Waals surface area contributed by atoms with Gasteiger partial charge in [-0.15, -0.1) is 0 Å². The number of aliphatic hydroxyl groups excluding tert-OH is 4. The second-order valence-electron chi connectivity index (χ2n) is 10.3. The van der Waals surface area contributed by atoms with E-state index in [1.807, 2.05) is 18.7 Å². The lowest BCUT2D eigenvalue weighted by Crippen LogP contribution is -2.69. The predicted octanol–water partition coefficient (Wildman–Crippen LogP) is -5.63. The van der Waals surface area contributed by atoms with E-state index >= 15 is 0 Å². The van der Waals surface area contributed by atoms with Crippen molar-refractivity contribution in [2.75, 3.05) is 26.2 Å². The molecule has 0 aromatic rings. The average molecular weight is 539 g/mol. The Morgan fingerprint density at radius 3 is 2.05 bits per heavy atom. The van der Waals surface area contributed by atoms with Crippen molar-refractivity contribution in [3.8, 4) is 0 Å². The minimum atomic E-state index is -1.99. The lowest BCUT2D eigenvalue weighted by molar-refractivity contribution is -0.318. The number of hydrogen-bond donors (Lipinski definition) is 10. The first-order valence-electron chi connectivity index (χ1n) is 12.9. The molecule has 0 radical (unpaired) electrons. The van der Waals surface area contributed by atoms with Crippen LogP contribution in [0.25, 0.3) is 0 Å². The summed E-state index contributed by atoms with van der Waals surface area (Å²) in [5.74, 6) is 0. The number of aliphatic hydroxyl groups is 5. The van der Waals surface area contributed by atoms with Crippen molar-refractivity contribution in [1.29, 1.82) is 0 Å². The Morgan fingerprint density at radius 1 is 0.892 bits per heavy atom. The first-order chi connectivity index (χ1) is 17.3. The molecule has 3 fully saturated rings. The molecular formula is C22H46N6O9. The zero-order valence-corrected chi connectivity index (χ0v) is 21.5. The van der Waals surface area contributed by atoms with Gasteiger partial charge in [0.25, 0.3) is 0 Å². The first-order valence-corrected chi connectivity index (χ1v) is 12.9. The van der Waals surface area contributed by atoms with Gasteiger partial charge in [0.15, 0.2) is 12.6 Å². The van der Waals surface area contributed by atoms with Crippen LogP contribution in [0.1, 0.15) is 26.7 Å². The number of ether oxygens (including phenoxy) is 4. The number of rotatable bonds is 9. The summed E-state index contributed by atoms with van der Waals surface area (Å²) in [6, 6.07) is -2.60. The van der Waals surface area contributed by atoms with Crippen molar-refractivity contribution in [3.05, 3.63) is 0 Å². The molecule has 0 unspecified atom stereocenters. The van der Waals surface area contributed by atoms with Crippen LogP contribution in [-0.2, 0) is 18.9 Å². The van der Waals surface area contributed by atoms with Gasteiger partial charge in [0, 0.05) is 31.6 Å². The largest absolute Gasteiger partial charge is 0.388 e. The Morgan fingerprint density at radius 2 is 1.49 bits per heavy atom. The highest BCUT2D eigenvalue weighted by Crippen LogP contribution is 2.32. The molecule has 0 bridgehead atoms. The van der Waals surface area contributed by atoms with Crippen molar-refractivity contribution < 1.29 is 44.5 Å². The Bertz CT molecular complexity index is 720. The van der Waals surface area contributed by atoms with Crippen LogP contribution < -0.4 is 28.7 Å². The normalized spacial score (nSPS) is 49.4. The molecule has 0 aromatic carbocycles. The van der Waals surface area contributed by atoms with Gasteiger partial charge in [-0.25, -0.2) is 0 Å². The smallest absolute Gasteiger partial charge is 0.176 e. The summed E-state index contributed by atoms with van der Waals surface area (Å²) in [5.41, 5.74) is 28.1. The average Bonchev–Trinajstić information content (AvgIpc) is 2.85. The van der Waals surface area contributed by atoms with E-state index in [0.717, 1.165) is 0 Å². The summed E-state index contributed by atoms with van der Waals surface area (Å²) in [5, 5.41) is 52.8. The van der Waals surface area contributed by atoms with Gasteiger partial charge in [0.2, 0.25) is 0 Å². The number of nitrogens with zero attached hydrogens (tertiary/aromatic N) is 1. The van der Waals surface area contributed by atoms with Gasteiger partial charge in [-0.1, -0.05) is 13.8 Å². The van der Waals surface area contributed by atoms with Crippen LogP contribution in [0.2, 0.25) is 0 Å². The summed E-state index contributed by atoms with van der Waals surface area (Å²) in [7, 11) is 0. The topological polar surface area (TPSA) is 271 Å². The lowest BCUT2D eigenvalue weighted by Gasteiger charge is -2.48. The van der Waals surface area contributed by atoms with Crippen LogP contribution in [0, 0.1) is 0 Å². The second kappa shape index (κ2) is 12.7. The van der Waals surface area contributed by atoms with Gasteiger partial charge < -0.3 is 78.0 Å². The fraction of sp³-hybridized carbons (Fsp3) is 1.00. The molecule has 14 atom stereocenters. The number of hydrogen-bond acceptors (Lipinski definition) is 15. The molecule has 0 amide bonds. The predicted molar refractivity (Wildman–Crippen MR) is 130 cm³/mol. The molecule has 2 heterocycles. The van der Waals surface area contributed by atoms with Gasteiger partial charge in [-0.2, -0.15) is 0 Å². The third kappa shape index (κ3) is 6.77. The van der Waals surface area contributed by atoms with E-state index in [4.69, 9.17) is 47.6 Å². The minimum Gasteiger partial charge on any atom is -0.388 e. The third-order valence-electron chi connectivity index (χ3n) is 7.66. The van der Waals surface area contributed by atoms with Crippen molar-refractivity contribution in [1.82, 2.24) is 4.90 Å². The van der Waals surface area contributed by atoms with E-state index in [9.17, 15) is 25.5 Å². The number of nitrogens with two attached hydrogens (primary N) is 5. The van der Waals surface area contributed by atoms with Gasteiger partial charge in [0.05, 0.1) is 6.04 Å². The van der Waals surface area contributed by atoms with Crippen molar-refractivity contribution >= 4 is 0 Å². The zero-order chi connectivity index (χ0) is 27.7. The molecule has 1 aliphatic carbocycles. The maximum atomic E-state index is 11.2. The van der Waals surface area contributed by atoms with E-state index in [1.54, 1.807) is 0 Å². The van der Waals surface area contributed by atoms with E-state index in [1.165, 1.54) is 0 Å². The van der Waals surface area contributed by atoms with E-state index in [2.05, 4.69) is 0 Å². The molecule has 0 spiro atoms. The molecule has 2 saturated heterocycles. The second-order valence-corrected chi connectivity index (χ2v) is 10.3. The summed E-state index contributed by atoms with van der Waals surface area (Å²) in [6.45, 7) is 5.52. The molecule has 15 N–H and O–H groups in total. The van der Waals surface area contributed by atoms with Gasteiger partial charge in [-0.3, -0.25) is 0 Å². The Balaban J connectivity index is 1.72. The maximum Gasteiger partial charge on any atom is 0.176 e. The van der Waals surface area contributed by atoms with Gasteiger partial charge in [-0.05, 0) is 19.5 Å².